The number of hydrogen-bond donors (Lipinski definition) is 2. The van der Waals surface area contributed by atoms with Crippen molar-refractivity contribution in [1.29, 1.82) is 0 Å². The molecule has 0 aliphatic heterocycles. The highest BCUT2D eigenvalue weighted by molar-refractivity contribution is 5.82. The fourth-order valence-corrected chi connectivity index (χ4v) is 2.62. The van der Waals surface area contributed by atoms with E-state index in [0.29, 0.717) is 5.84 Å². The zero-order valence-corrected chi connectivity index (χ0v) is 14.5. The molecule has 0 aliphatic rings. The second kappa shape index (κ2) is 14.2. The average Bonchev–Trinajstić information content (AvgIpc) is 2.48. The summed E-state index contributed by atoms with van der Waals surface area (Å²) in [6, 6.07) is 0. The van der Waals surface area contributed by atoms with E-state index in [2.05, 4.69) is 24.0 Å². The number of hydrogen-bond acceptors (Lipinski definition) is 3. The monoisotopic (exact) mass is 299 g/mol. The summed E-state index contributed by atoms with van der Waals surface area (Å²) in [5.41, 5.74) is 5.59. The van der Waals surface area contributed by atoms with E-state index in [1.165, 1.54) is 64.2 Å². The van der Waals surface area contributed by atoms with Crippen LogP contribution in [0.15, 0.2) is 5.16 Å². The van der Waals surface area contributed by atoms with Crippen LogP contribution >= 0.6 is 0 Å². The molecule has 0 aliphatic carbocycles. The van der Waals surface area contributed by atoms with Gasteiger partial charge in [0, 0.05) is 12.5 Å². The van der Waals surface area contributed by atoms with E-state index in [9.17, 15) is 0 Å². The summed E-state index contributed by atoms with van der Waals surface area (Å²) in [6.45, 7) is 6.21. The van der Waals surface area contributed by atoms with Gasteiger partial charge in [-0.2, -0.15) is 0 Å². The van der Waals surface area contributed by atoms with E-state index in [1.807, 2.05) is 6.92 Å². The summed E-state index contributed by atoms with van der Waals surface area (Å²) < 4.78 is 0. The molecule has 126 valence electrons. The normalized spacial score (nSPS) is 13.8. The van der Waals surface area contributed by atoms with Crippen molar-refractivity contribution in [3.8, 4) is 0 Å². The number of rotatable bonds is 14. The van der Waals surface area contributed by atoms with Crippen LogP contribution in [0.3, 0.4) is 0 Å². The Morgan fingerprint density at radius 3 is 1.95 bits per heavy atom. The lowest BCUT2D eigenvalue weighted by molar-refractivity contribution is 0.290. The molecule has 4 heteroatoms. The number of oxime groups is 1. The van der Waals surface area contributed by atoms with Crippen LogP contribution in [0.4, 0.5) is 0 Å². The predicted molar refractivity (Wildman–Crippen MR) is 91.9 cm³/mol. The standard InChI is InChI=1S/C17H37N3O/c1-4-5-6-7-8-9-10-11-12-13-14-20(3)15-16(2)17(18)19-21/h16,21H,4-15H2,1-3H3,(H2,18,19). The second-order valence-corrected chi connectivity index (χ2v) is 6.37. The van der Waals surface area contributed by atoms with Gasteiger partial charge in [-0.05, 0) is 20.0 Å². The van der Waals surface area contributed by atoms with Gasteiger partial charge >= 0.3 is 0 Å². The molecule has 0 amide bonds. The molecule has 0 aromatic rings. The van der Waals surface area contributed by atoms with Gasteiger partial charge in [-0.25, -0.2) is 0 Å². The van der Waals surface area contributed by atoms with Gasteiger partial charge in [0.05, 0.1) is 0 Å². The molecule has 0 rings (SSSR count). The highest BCUT2D eigenvalue weighted by Crippen LogP contribution is 2.10. The van der Waals surface area contributed by atoms with Crippen LogP contribution in [0.25, 0.3) is 0 Å². The van der Waals surface area contributed by atoms with E-state index in [0.717, 1.165) is 13.1 Å². The van der Waals surface area contributed by atoms with Gasteiger partial charge in [-0.3, -0.25) is 0 Å². The minimum absolute atomic E-state index is 0.114. The first-order valence-electron chi connectivity index (χ1n) is 8.77. The molecule has 0 spiro atoms. The average molecular weight is 300 g/mol. The summed E-state index contributed by atoms with van der Waals surface area (Å²) >= 11 is 0. The van der Waals surface area contributed by atoms with Crippen molar-refractivity contribution in [2.75, 3.05) is 20.1 Å². The molecule has 0 heterocycles. The quantitative estimate of drug-likeness (QED) is 0.166. The topological polar surface area (TPSA) is 61.8 Å². The Balaban J connectivity index is 3.34. The first kappa shape index (κ1) is 20.2. The molecule has 1 unspecified atom stereocenters. The minimum atomic E-state index is 0.114. The zero-order chi connectivity index (χ0) is 15.9. The first-order chi connectivity index (χ1) is 10.1. The van der Waals surface area contributed by atoms with E-state index < -0.39 is 0 Å². The lowest BCUT2D eigenvalue weighted by Gasteiger charge is -2.20. The predicted octanol–water partition coefficient (Wildman–Crippen LogP) is 4.22. The fraction of sp³-hybridized carbons (Fsp3) is 0.941. The van der Waals surface area contributed by atoms with Gasteiger partial charge in [0.2, 0.25) is 0 Å². The SMILES string of the molecule is CCCCCCCCCCCCN(C)CC(C)C(N)=NO. The third kappa shape index (κ3) is 12.7. The highest BCUT2D eigenvalue weighted by atomic mass is 16.4. The Morgan fingerprint density at radius 2 is 1.48 bits per heavy atom. The molecule has 21 heavy (non-hydrogen) atoms. The Labute approximate surface area is 131 Å². The number of nitrogens with zero attached hydrogens (tertiary/aromatic N) is 2. The molecule has 4 nitrogen and oxygen atoms in total. The van der Waals surface area contributed by atoms with E-state index in [4.69, 9.17) is 10.9 Å². The van der Waals surface area contributed by atoms with Gasteiger partial charge < -0.3 is 15.8 Å². The van der Waals surface area contributed by atoms with Gasteiger partial charge in [-0.1, -0.05) is 76.8 Å². The molecular formula is C17H37N3O. The minimum Gasteiger partial charge on any atom is -0.409 e. The van der Waals surface area contributed by atoms with Crippen molar-refractivity contribution >= 4 is 5.84 Å². The van der Waals surface area contributed by atoms with Crippen LogP contribution in [0, 0.1) is 5.92 Å². The van der Waals surface area contributed by atoms with Crippen LogP contribution < -0.4 is 5.73 Å². The third-order valence-corrected chi connectivity index (χ3v) is 4.10. The van der Waals surface area contributed by atoms with Crippen LogP contribution in [0.1, 0.15) is 78.1 Å². The van der Waals surface area contributed by atoms with Gasteiger partial charge in [0.15, 0.2) is 0 Å². The van der Waals surface area contributed by atoms with Crippen LogP contribution in [0.2, 0.25) is 0 Å². The number of amidine groups is 1. The maximum atomic E-state index is 8.63. The largest absolute Gasteiger partial charge is 0.409 e. The Bertz CT molecular complexity index is 256. The van der Waals surface area contributed by atoms with Crippen molar-refractivity contribution in [3.05, 3.63) is 0 Å². The molecule has 0 saturated carbocycles. The Kier molecular flexibility index (Phi) is 13.7. The molecule has 0 aromatic heterocycles. The number of unbranched alkanes of at least 4 members (excludes halogenated alkanes) is 9. The third-order valence-electron chi connectivity index (χ3n) is 4.10. The summed E-state index contributed by atoms with van der Waals surface area (Å²) in [5.74, 6) is 0.438. The molecule has 0 radical (unpaired) electrons. The maximum Gasteiger partial charge on any atom is 0.143 e. The fourth-order valence-electron chi connectivity index (χ4n) is 2.62. The van der Waals surface area contributed by atoms with E-state index in [-0.39, 0.29) is 5.92 Å². The van der Waals surface area contributed by atoms with Crippen LogP contribution in [0.5, 0.6) is 0 Å². The first-order valence-corrected chi connectivity index (χ1v) is 8.77. The summed E-state index contributed by atoms with van der Waals surface area (Å²) in [4.78, 5) is 2.27. The lowest BCUT2D eigenvalue weighted by atomic mass is 10.1. The number of nitrogens with two attached hydrogens (primary N) is 1. The molecular weight excluding hydrogens is 262 g/mol. The molecule has 0 bridgehead atoms. The Hall–Kier alpha value is -0.770. The Morgan fingerprint density at radius 1 is 1.00 bits per heavy atom. The van der Waals surface area contributed by atoms with Crippen LogP contribution in [-0.2, 0) is 0 Å². The van der Waals surface area contributed by atoms with Crippen molar-refractivity contribution < 1.29 is 5.21 Å². The van der Waals surface area contributed by atoms with Crippen molar-refractivity contribution in [1.82, 2.24) is 4.90 Å². The molecule has 0 aromatic carbocycles. The van der Waals surface area contributed by atoms with Crippen LogP contribution in [-0.4, -0.2) is 36.1 Å². The van der Waals surface area contributed by atoms with Gasteiger partial charge in [0.1, 0.15) is 5.84 Å². The van der Waals surface area contributed by atoms with E-state index >= 15 is 0 Å². The molecule has 3 N–H and O–H groups in total. The van der Waals surface area contributed by atoms with Gasteiger partial charge in [-0.15, -0.1) is 0 Å². The maximum absolute atomic E-state index is 8.63. The lowest BCUT2D eigenvalue weighted by Crippen LogP contribution is -2.33. The second-order valence-electron chi connectivity index (χ2n) is 6.37. The molecule has 1 atom stereocenters. The zero-order valence-electron chi connectivity index (χ0n) is 14.5. The smallest absolute Gasteiger partial charge is 0.143 e. The summed E-state index contributed by atoms with van der Waals surface area (Å²) in [6.07, 6.45) is 13.7. The van der Waals surface area contributed by atoms with Crippen molar-refractivity contribution in [3.63, 3.8) is 0 Å². The van der Waals surface area contributed by atoms with Crippen molar-refractivity contribution in [2.45, 2.75) is 78.1 Å². The molecule has 0 fully saturated rings. The highest BCUT2D eigenvalue weighted by Gasteiger charge is 2.10. The van der Waals surface area contributed by atoms with Crippen molar-refractivity contribution in [2.24, 2.45) is 16.8 Å². The van der Waals surface area contributed by atoms with Gasteiger partial charge in [0.25, 0.3) is 0 Å². The summed E-state index contributed by atoms with van der Waals surface area (Å²) in [5, 5.41) is 11.7. The van der Waals surface area contributed by atoms with E-state index in [1.54, 1.807) is 0 Å². The molecule has 0 saturated heterocycles. The summed E-state index contributed by atoms with van der Waals surface area (Å²) in [7, 11) is 2.11.